The van der Waals surface area contributed by atoms with E-state index < -0.39 is 5.60 Å². The van der Waals surface area contributed by atoms with Gasteiger partial charge in [0.25, 0.3) is 0 Å². The molecule has 2 N–H and O–H groups in total. The Morgan fingerprint density at radius 2 is 1.70 bits per heavy atom. The van der Waals surface area contributed by atoms with Gasteiger partial charge in [-0.2, -0.15) is 4.79 Å². The summed E-state index contributed by atoms with van der Waals surface area (Å²) in [5.74, 6) is 5.98. The van der Waals surface area contributed by atoms with Crippen LogP contribution in [0.3, 0.4) is 0 Å². The molecule has 0 saturated carbocycles. The summed E-state index contributed by atoms with van der Waals surface area (Å²) in [4.78, 5) is 15.7. The van der Waals surface area contributed by atoms with Crippen LogP contribution in [-0.2, 0) is 11.3 Å². The molecule has 0 aliphatic carbocycles. The lowest BCUT2D eigenvalue weighted by atomic mass is 9.98. The number of nitrogens with zero attached hydrogens (tertiary/aromatic N) is 3. The van der Waals surface area contributed by atoms with Gasteiger partial charge in [-0.1, -0.05) is 30.3 Å². The number of piperazine rings is 1. The predicted octanol–water partition coefficient (Wildman–Crippen LogP) is 2.59. The predicted molar refractivity (Wildman–Crippen MR) is 107 cm³/mol. The van der Waals surface area contributed by atoms with Crippen LogP contribution in [0.15, 0.2) is 30.3 Å². The van der Waals surface area contributed by atoms with E-state index in [0.29, 0.717) is 10.5 Å². The van der Waals surface area contributed by atoms with E-state index in [2.05, 4.69) is 35.2 Å². The summed E-state index contributed by atoms with van der Waals surface area (Å²) in [6.45, 7) is 11.8. The third-order valence-electron chi connectivity index (χ3n) is 5.83. The van der Waals surface area contributed by atoms with Crippen molar-refractivity contribution in [3.8, 4) is 0 Å². The number of carbonyl (C=O) groups excluding carboxylic acids is 1. The molecule has 3 rings (SSSR count). The number of hydrazine groups is 1. The van der Waals surface area contributed by atoms with Gasteiger partial charge >= 0.3 is 6.09 Å². The van der Waals surface area contributed by atoms with E-state index in [1.807, 2.05) is 25.8 Å². The fourth-order valence-electron chi connectivity index (χ4n) is 4.30. The van der Waals surface area contributed by atoms with E-state index in [0.717, 1.165) is 58.7 Å². The third kappa shape index (κ3) is 5.08. The Kier molecular flexibility index (Phi) is 6.21. The molecule has 2 aliphatic rings. The Labute approximate surface area is 163 Å². The maximum absolute atomic E-state index is 13.2. The Hall–Kier alpha value is -1.47. The quantitative estimate of drug-likeness (QED) is 0.650. The smallest absolute Gasteiger partial charge is 0.414 e. The first kappa shape index (κ1) is 20.3. The van der Waals surface area contributed by atoms with Gasteiger partial charge in [0, 0.05) is 32.5 Å². The van der Waals surface area contributed by atoms with Gasteiger partial charge < -0.3 is 4.74 Å². The number of piperidine rings is 1. The molecule has 1 aromatic rings. The zero-order chi connectivity index (χ0) is 19.5. The Morgan fingerprint density at radius 3 is 2.26 bits per heavy atom. The average molecular weight is 376 g/mol. The summed E-state index contributed by atoms with van der Waals surface area (Å²) in [6.07, 6.45) is 1.98. The van der Waals surface area contributed by atoms with E-state index in [1.54, 1.807) is 0 Å². The zero-order valence-corrected chi connectivity index (χ0v) is 17.1. The van der Waals surface area contributed by atoms with Crippen molar-refractivity contribution in [1.82, 2.24) is 9.91 Å². The summed E-state index contributed by atoms with van der Waals surface area (Å²) < 4.78 is 6.29. The highest BCUT2D eigenvalue weighted by Gasteiger charge is 2.49. The van der Waals surface area contributed by atoms with Gasteiger partial charge in [-0.3, -0.25) is 10.7 Å². The molecule has 1 aromatic carbocycles. The first-order valence-corrected chi connectivity index (χ1v) is 10.1. The molecule has 0 atom stereocenters. The largest absolute Gasteiger partial charge is 0.516 e. The van der Waals surface area contributed by atoms with E-state index >= 15 is 0 Å². The van der Waals surface area contributed by atoms with Gasteiger partial charge in [0.05, 0.1) is 13.1 Å². The van der Waals surface area contributed by atoms with Crippen molar-refractivity contribution in [2.75, 3.05) is 39.3 Å². The normalized spacial score (nSPS) is 22.5. The number of carbonyl (C=O) groups is 1. The number of rotatable bonds is 3. The van der Waals surface area contributed by atoms with E-state index in [4.69, 9.17) is 10.6 Å². The lowest BCUT2D eigenvalue weighted by Gasteiger charge is -2.48. The number of likely N-dealkylation sites (tertiary alicyclic amines) is 1. The van der Waals surface area contributed by atoms with E-state index in [-0.39, 0.29) is 6.09 Å². The fourth-order valence-corrected chi connectivity index (χ4v) is 4.30. The first-order valence-electron chi connectivity index (χ1n) is 10.1. The Bertz CT molecular complexity index is 613. The van der Waals surface area contributed by atoms with Crippen molar-refractivity contribution in [2.24, 2.45) is 5.84 Å². The molecular weight excluding hydrogens is 340 g/mol. The van der Waals surface area contributed by atoms with Gasteiger partial charge in [0.15, 0.2) is 0 Å². The molecule has 0 spiro atoms. The molecule has 2 heterocycles. The fraction of sp³-hybridized carbons (Fsp3) is 0.667. The minimum absolute atomic E-state index is 0.0721. The van der Waals surface area contributed by atoms with Crippen LogP contribution >= 0.6 is 0 Å². The molecule has 2 saturated heterocycles. The number of nitrogens with two attached hydrogens (primary N) is 1. The van der Waals surface area contributed by atoms with Crippen molar-refractivity contribution in [2.45, 2.75) is 51.8 Å². The Morgan fingerprint density at radius 1 is 1.11 bits per heavy atom. The second kappa shape index (κ2) is 8.27. The number of amides is 1. The van der Waals surface area contributed by atoms with E-state index in [9.17, 15) is 4.79 Å². The zero-order valence-electron chi connectivity index (χ0n) is 17.1. The van der Waals surface area contributed by atoms with Gasteiger partial charge in [-0.15, -0.1) is 0 Å². The molecule has 0 aromatic heterocycles. The first-order chi connectivity index (χ1) is 12.8. The Balaban J connectivity index is 1.66. The molecule has 27 heavy (non-hydrogen) atoms. The lowest BCUT2D eigenvalue weighted by molar-refractivity contribution is -0.889. The molecule has 2 aliphatic heterocycles. The summed E-state index contributed by atoms with van der Waals surface area (Å²) in [6, 6.07) is 10.9. The number of hydrogen-bond donors (Lipinski definition) is 1. The maximum atomic E-state index is 13.2. The van der Waals surface area contributed by atoms with Gasteiger partial charge in [0.1, 0.15) is 24.7 Å². The SMILES string of the molecule is CC(C)(C)OC(=O)[N+]1(C2CCN(Cc3ccccc3)CC2)CCN(N)CC1. The van der Waals surface area contributed by atoms with Crippen molar-refractivity contribution in [3.05, 3.63) is 35.9 Å². The number of hydrogen-bond acceptors (Lipinski definition) is 5. The molecule has 0 radical (unpaired) electrons. The van der Waals surface area contributed by atoms with Crippen molar-refractivity contribution < 1.29 is 14.0 Å². The van der Waals surface area contributed by atoms with Crippen molar-refractivity contribution in [1.29, 1.82) is 0 Å². The van der Waals surface area contributed by atoms with E-state index in [1.165, 1.54) is 5.56 Å². The second-order valence-corrected chi connectivity index (χ2v) is 8.99. The highest BCUT2D eigenvalue weighted by molar-refractivity contribution is 5.60. The molecule has 1 amide bonds. The molecule has 6 heteroatoms. The van der Waals surface area contributed by atoms with Crippen LogP contribution < -0.4 is 5.84 Å². The molecule has 2 fully saturated rings. The molecule has 150 valence electrons. The minimum atomic E-state index is -0.462. The summed E-state index contributed by atoms with van der Waals surface area (Å²) >= 11 is 0. The third-order valence-corrected chi connectivity index (χ3v) is 5.83. The lowest BCUT2D eigenvalue weighted by Crippen LogP contribution is -2.69. The summed E-state index contributed by atoms with van der Waals surface area (Å²) in [5.41, 5.74) is 0.889. The average Bonchev–Trinajstić information content (AvgIpc) is 2.63. The van der Waals surface area contributed by atoms with Crippen LogP contribution in [0.5, 0.6) is 0 Å². The maximum Gasteiger partial charge on any atom is 0.516 e. The number of ether oxygens (including phenoxy) is 1. The highest BCUT2D eigenvalue weighted by Crippen LogP contribution is 2.29. The van der Waals surface area contributed by atoms with Gasteiger partial charge in [0.2, 0.25) is 0 Å². The van der Waals surface area contributed by atoms with Gasteiger partial charge in [-0.25, -0.2) is 9.49 Å². The molecular formula is C21H35N4O2+. The standard InChI is InChI=1S/C21H35N4O2/c1-21(2,3)27-20(26)25(15-13-24(22)14-16-25)19-9-11-23(12-10-19)17-18-7-5-4-6-8-18/h4-8,19H,9-17,22H2,1-3H3/q+1. The topological polar surface area (TPSA) is 58.8 Å². The highest BCUT2D eigenvalue weighted by atomic mass is 16.6. The van der Waals surface area contributed by atoms with Crippen LogP contribution in [0, 0.1) is 0 Å². The monoisotopic (exact) mass is 375 g/mol. The number of benzene rings is 1. The second-order valence-electron chi connectivity index (χ2n) is 8.99. The molecule has 6 nitrogen and oxygen atoms in total. The van der Waals surface area contributed by atoms with Gasteiger partial charge in [-0.05, 0) is 26.3 Å². The van der Waals surface area contributed by atoms with Crippen LogP contribution in [0.2, 0.25) is 0 Å². The van der Waals surface area contributed by atoms with Crippen LogP contribution in [0.4, 0.5) is 4.79 Å². The summed E-state index contributed by atoms with van der Waals surface area (Å²) in [7, 11) is 0. The number of quaternary nitrogens is 1. The van der Waals surface area contributed by atoms with Crippen molar-refractivity contribution >= 4 is 6.09 Å². The van der Waals surface area contributed by atoms with Crippen LogP contribution in [-0.4, -0.2) is 71.4 Å². The van der Waals surface area contributed by atoms with Crippen LogP contribution in [0.1, 0.15) is 39.2 Å². The molecule has 0 unspecified atom stereocenters. The van der Waals surface area contributed by atoms with Crippen LogP contribution in [0.25, 0.3) is 0 Å². The molecule has 0 bridgehead atoms. The minimum Gasteiger partial charge on any atom is -0.414 e. The summed E-state index contributed by atoms with van der Waals surface area (Å²) in [5, 5.41) is 1.82. The van der Waals surface area contributed by atoms with Crippen molar-refractivity contribution in [3.63, 3.8) is 0 Å².